The molecule has 0 spiro atoms. The fourth-order valence-electron chi connectivity index (χ4n) is 0.523. The highest BCUT2D eigenvalue weighted by Crippen LogP contribution is 2.40. The topological polar surface area (TPSA) is 93.1 Å². The fraction of sp³-hybridized carbons (Fsp3) is 0.667. The van der Waals surface area contributed by atoms with Crippen molar-refractivity contribution in [3.63, 3.8) is 0 Å². The Morgan fingerprint density at radius 1 is 0.650 bits per heavy atom. The van der Waals surface area contributed by atoms with Crippen LogP contribution in [0.15, 0.2) is 0 Å². The minimum absolute atomic E-state index is 2.24. The lowest BCUT2D eigenvalue weighted by Gasteiger charge is -2.27. The summed E-state index contributed by atoms with van der Waals surface area (Å²) in [5.41, 5.74) is 0. The third-order valence-corrected chi connectivity index (χ3v) is 1.55. The second-order valence-corrected chi connectivity index (χ2v) is 2.96. The molecule has 0 aromatic rings. The summed E-state index contributed by atoms with van der Waals surface area (Å²) in [5, 5.41) is 15.7. The van der Waals surface area contributed by atoms with Crippen molar-refractivity contribution < 1.29 is 64.7 Å². The summed E-state index contributed by atoms with van der Waals surface area (Å²) in [6, 6.07) is 0. The molecule has 0 aromatic heterocycles. The predicted octanol–water partition coefficient (Wildman–Crippen LogP) is 1.56. The van der Waals surface area contributed by atoms with Crippen molar-refractivity contribution >= 4 is 11.9 Å². The predicted molar refractivity (Wildman–Crippen MR) is 37.2 cm³/mol. The van der Waals surface area contributed by atoms with Gasteiger partial charge in [-0.05, 0) is 0 Å². The van der Waals surface area contributed by atoms with Crippen molar-refractivity contribution in [2.75, 3.05) is 0 Å². The van der Waals surface area contributed by atoms with E-state index in [2.05, 4.69) is 9.78 Å². The molecule has 0 saturated carbocycles. The SMILES string of the molecule is O=C(O)C(F)(OOC(F)(C(=O)O)C(F)(F)F)C(F)(F)F. The molecule has 0 rings (SSSR count). The number of halogens is 8. The van der Waals surface area contributed by atoms with Crippen LogP contribution in [0, 0.1) is 0 Å². The van der Waals surface area contributed by atoms with Gasteiger partial charge in [0.1, 0.15) is 0 Å². The standard InChI is InChI=1S/C6H2F8O6/c7-3(1(15)16,5(9,10)11)19-20-4(8,2(17)18)6(12,13)14/h(H,15,16)(H,17,18). The molecule has 2 unspecified atom stereocenters. The Labute approximate surface area is 102 Å². The fourth-order valence-corrected chi connectivity index (χ4v) is 0.523. The molecule has 0 fully saturated rings. The minimum atomic E-state index is -6.48. The van der Waals surface area contributed by atoms with Crippen LogP contribution in [0.1, 0.15) is 0 Å². The molecule has 0 saturated heterocycles. The summed E-state index contributed by atoms with van der Waals surface area (Å²) >= 11 is 0. The van der Waals surface area contributed by atoms with Gasteiger partial charge in [-0.2, -0.15) is 44.9 Å². The number of hydrogen-bond acceptors (Lipinski definition) is 4. The summed E-state index contributed by atoms with van der Waals surface area (Å²) < 4.78 is 97.1. The van der Waals surface area contributed by atoms with Gasteiger partial charge in [0.05, 0.1) is 0 Å². The molecule has 20 heavy (non-hydrogen) atoms. The zero-order valence-electron chi connectivity index (χ0n) is 8.55. The van der Waals surface area contributed by atoms with Crippen molar-refractivity contribution in [2.45, 2.75) is 24.1 Å². The number of carbonyl (C=O) groups is 2. The first-order valence-corrected chi connectivity index (χ1v) is 3.94. The zero-order valence-corrected chi connectivity index (χ0v) is 8.55. The molecule has 0 bridgehead atoms. The van der Waals surface area contributed by atoms with E-state index < -0.39 is 36.0 Å². The van der Waals surface area contributed by atoms with Gasteiger partial charge in [0.2, 0.25) is 0 Å². The third-order valence-electron chi connectivity index (χ3n) is 1.55. The van der Waals surface area contributed by atoms with Crippen molar-refractivity contribution in [1.29, 1.82) is 0 Å². The molecule has 0 heterocycles. The highest BCUT2D eigenvalue weighted by molar-refractivity contribution is 5.77. The van der Waals surface area contributed by atoms with E-state index >= 15 is 0 Å². The van der Waals surface area contributed by atoms with Crippen LogP contribution in [0.25, 0.3) is 0 Å². The summed E-state index contributed by atoms with van der Waals surface area (Å²) in [6.45, 7) is 0. The highest BCUT2D eigenvalue weighted by atomic mass is 19.4. The van der Waals surface area contributed by atoms with E-state index in [0.717, 1.165) is 0 Å². The molecular weight excluding hydrogens is 320 g/mol. The van der Waals surface area contributed by atoms with E-state index in [1.165, 1.54) is 0 Å². The maximum Gasteiger partial charge on any atom is 0.463 e. The van der Waals surface area contributed by atoms with Gasteiger partial charge in [-0.15, -0.1) is 0 Å². The molecular formula is C6H2F8O6. The summed E-state index contributed by atoms with van der Waals surface area (Å²) in [5.74, 6) is -18.9. The van der Waals surface area contributed by atoms with Crippen LogP contribution in [0.5, 0.6) is 0 Å². The summed E-state index contributed by atoms with van der Waals surface area (Å²) in [7, 11) is 0. The van der Waals surface area contributed by atoms with Gasteiger partial charge >= 0.3 is 36.0 Å². The Hall–Kier alpha value is -1.70. The number of rotatable bonds is 5. The lowest BCUT2D eigenvalue weighted by atomic mass is 10.3. The molecule has 0 amide bonds. The average Bonchev–Trinajstić information content (AvgIpc) is 2.21. The van der Waals surface area contributed by atoms with Crippen molar-refractivity contribution in [2.24, 2.45) is 0 Å². The van der Waals surface area contributed by atoms with Crippen LogP contribution in [0.4, 0.5) is 35.1 Å². The average molecular weight is 322 g/mol. The molecule has 2 atom stereocenters. The molecule has 0 aliphatic rings. The molecule has 0 aliphatic carbocycles. The van der Waals surface area contributed by atoms with E-state index in [1.807, 2.05) is 0 Å². The number of alkyl halides is 8. The first-order valence-electron chi connectivity index (χ1n) is 3.94. The maximum atomic E-state index is 12.8. The first-order chi connectivity index (χ1) is 8.59. The highest BCUT2D eigenvalue weighted by Gasteiger charge is 2.71. The Kier molecular flexibility index (Phi) is 4.58. The molecule has 2 N–H and O–H groups in total. The number of carboxylic acids is 2. The summed E-state index contributed by atoms with van der Waals surface area (Å²) in [4.78, 5) is 24.4. The number of carboxylic acid groups (broad SMARTS) is 2. The van der Waals surface area contributed by atoms with Crippen molar-refractivity contribution in [3.05, 3.63) is 0 Å². The van der Waals surface area contributed by atoms with Crippen molar-refractivity contribution in [3.8, 4) is 0 Å². The Bertz CT molecular complexity index is 365. The Morgan fingerprint density at radius 2 is 0.850 bits per heavy atom. The zero-order chi connectivity index (χ0) is 16.6. The second-order valence-electron chi connectivity index (χ2n) is 2.96. The van der Waals surface area contributed by atoms with E-state index in [-0.39, 0.29) is 0 Å². The van der Waals surface area contributed by atoms with Gasteiger partial charge in [-0.3, -0.25) is 0 Å². The van der Waals surface area contributed by atoms with Gasteiger partial charge in [0, 0.05) is 0 Å². The van der Waals surface area contributed by atoms with Gasteiger partial charge in [-0.1, -0.05) is 0 Å². The minimum Gasteiger partial charge on any atom is -0.477 e. The first kappa shape index (κ1) is 18.3. The van der Waals surface area contributed by atoms with E-state index in [9.17, 15) is 44.7 Å². The quantitative estimate of drug-likeness (QED) is 0.453. The van der Waals surface area contributed by atoms with Crippen LogP contribution < -0.4 is 0 Å². The van der Waals surface area contributed by atoms with E-state index in [4.69, 9.17) is 10.2 Å². The summed E-state index contributed by atoms with van der Waals surface area (Å²) in [6.07, 6.45) is -13.0. The smallest absolute Gasteiger partial charge is 0.463 e. The molecule has 14 heteroatoms. The van der Waals surface area contributed by atoms with Crippen LogP contribution in [-0.2, 0) is 19.4 Å². The number of aliphatic carboxylic acids is 2. The normalized spacial score (nSPS) is 19.0. The van der Waals surface area contributed by atoms with E-state index in [0.29, 0.717) is 0 Å². The van der Waals surface area contributed by atoms with Gasteiger partial charge in [0.15, 0.2) is 0 Å². The van der Waals surface area contributed by atoms with Crippen LogP contribution >= 0.6 is 0 Å². The monoisotopic (exact) mass is 322 g/mol. The maximum absolute atomic E-state index is 12.8. The van der Waals surface area contributed by atoms with Gasteiger partial charge < -0.3 is 10.2 Å². The lowest BCUT2D eigenvalue weighted by molar-refractivity contribution is -0.517. The molecule has 118 valence electrons. The van der Waals surface area contributed by atoms with Crippen LogP contribution in [-0.4, -0.2) is 46.2 Å². The third kappa shape index (κ3) is 3.06. The Balaban J connectivity index is 5.42. The van der Waals surface area contributed by atoms with Gasteiger partial charge in [-0.25, -0.2) is 9.59 Å². The van der Waals surface area contributed by atoms with E-state index in [1.54, 1.807) is 0 Å². The van der Waals surface area contributed by atoms with Crippen LogP contribution in [0.2, 0.25) is 0 Å². The molecule has 0 aromatic carbocycles. The Morgan fingerprint density at radius 3 is 0.950 bits per heavy atom. The largest absolute Gasteiger partial charge is 0.477 e. The molecule has 0 aliphatic heterocycles. The molecule has 6 nitrogen and oxygen atoms in total. The lowest BCUT2D eigenvalue weighted by Crippen LogP contribution is -2.56. The van der Waals surface area contributed by atoms with Crippen molar-refractivity contribution in [1.82, 2.24) is 0 Å². The second kappa shape index (κ2) is 5.01. The molecule has 0 radical (unpaired) electrons. The van der Waals surface area contributed by atoms with Gasteiger partial charge in [0.25, 0.3) is 0 Å². The number of hydrogen-bond donors (Lipinski definition) is 2. The van der Waals surface area contributed by atoms with Crippen LogP contribution in [0.3, 0.4) is 0 Å².